The maximum atomic E-state index is 10.8. The van der Waals surface area contributed by atoms with E-state index in [4.69, 9.17) is 16.7 Å². The quantitative estimate of drug-likeness (QED) is 0.874. The summed E-state index contributed by atoms with van der Waals surface area (Å²) < 4.78 is 0. The minimum atomic E-state index is -0.988. The van der Waals surface area contributed by atoms with Crippen molar-refractivity contribution in [3.8, 4) is 0 Å². The summed E-state index contributed by atoms with van der Waals surface area (Å²) in [5, 5.41) is 21.2. The summed E-state index contributed by atoms with van der Waals surface area (Å²) in [6.45, 7) is 3.86. The van der Waals surface area contributed by atoms with E-state index in [1.54, 1.807) is 32.0 Å². The van der Waals surface area contributed by atoms with E-state index in [1.165, 1.54) is 4.80 Å². The molecule has 6 nitrogen and oxygen atoms in total. The number of nitrogens with zero attached hydrogens (tertiary/aromatic N) is 4. The molecule has 0 atom stereocenters. The molecule has 0 aliphatic heterocycles. The van der Waals surface area contributed by atoms with Crippen LogP contribution in [0.15, 0.2) is 24.3 Å². The van der Waals surface area contributed by atoms with Crippen LogP contribution in [-0.2, 0) is 11.3 Å². The zero-order valence-corrected chi connectivity index (χ0v) is 11.8. The van der Waals surface area contributed by atoms with Gasteiger partial charge in [0.05, 0.1) is 6.54 Å². The van der Waals surface area contributed by atoms with Gasteiger partial charge in [0.2, 0.25) is 0 Å². The molecule has 0 unspecified atom stereocenters. The molecule has 1 heterocycles. The molecule has 0 aliphatic rings. The Morgan fingerprint density at radius 3 is 2.85 bits per heavy atom. The van der Waals surface area contributed by atoms with Crippen molar-refractivity contribution in [1.82, 2.24) is 20.2 Å². The molecule has 0 radical (unpaired) electrons. The summed E-state index contributed by atoms with van der Waals surface area (Å²) in [6.07, 6.45) is 1.16. The first-order chi connectivity index (χ1) is 9.45. The molecule has 0 saturated heterocycles. The molecule has 1 aromatic carbocycles. The standard InChI is InChI=1S/C13H13ClN4O2/c1-8(5-13(19)20)12-4-3-11(14)6-10(12)7-18-16-9(2)15-17-18/h3-6H,7H2,1-2H3,(H,19,20). The van der Waals surface area contributed by atoms with Gasteiger partial charge in [-0.25, -0.2) is 4.79 Å². The number of aliphatic carboxylic acids is 1. The highest BCUT2D eigenvalue weighted by Crippen LogP contribution is 2.23. The Morgan fingerprint density at radius 1 is 1.50 bits per heavy atom. The molecule has 20 heavy (non-hydrogen) atoms. The molecular formula is C13H13ClN4O2. The first-order valence-electron chi connectivity index (χ1n) is 5.90. The summed E-state index contributed by atoms with van der Waals surface area (Å²) in [5.41, 5.74) is 2.28. The molecular weight excluding hydrogens is 280 g/mol. The molecule has 1 N–H and O–H groups in total. The normalized spacial score (nSPS) is 11.7. The molecule has 0 fully saturated rings. The Bertz CT molecular complexity index is 679. The smallest absolute Gasteiger partial charge is 0.328 e. The fraction of sp³-hybridized carbons (Fsp3) is 0.231. The molecule has 0 saturated carbocycles. The molecule has 0 aliphatic carbocycles. The van der Waals surface area contributed by atoms with E-state index < -0.39 is 5.97 Å². The third kappa shape index (κ3) is 3.42. The van der Waals surface area contributed by atoms with Crippen molar-refractivity contribution in [2.45, 2.75) is 20.4 Å². The minimum Gasteiger partial charge on any atom is -0.478 e. The van der Waals surface area contributed by atoms with Gasteiger partial charge >= 0.3 is 5.97 Å². The van der Waals surface area contributed by atoms with Crippen molar-refractivity contribution >= 4 is 23.1 Å². The number of hydrogen-bond acceptors (Lipinski definition) is 4. The van der Waals surface area contributed by atoms with Crippen LogP contribution >= 0.6 is 11.6 Å². The first kappa shape index (κ1) is 14.2. The molecule has 7 heteroatoms. The lowest BCUT2D eigenvalue weighted by Gasteiger charge is -2.09. The van der Waals surface area contributed by atoms with Crippen LogP contribution in [0.2, 0.25) is 5.02 Å². The summed E-state index contributed by atoms with van der Waals surface area (Å²) in [6, 6.07) is 5.28. The van der Waals surface area contributed by atoms with Gasteiger partial charge in [0, 0.05) is 11.1 Å². The Morgan fingerprint density at radius 2 is 2.25 bits per heavy atom. The third-order valence-electron chi connectivity index (χ3n) is 2.70. The number of allylic oxidation sites excluding steroid dienone is 1. The summed E-state index contributed by atoms with van der Waals surface area (Å²) >= 11 is 6.00. The summed E-state index contributed by atoms with van der Waals surface area (Å²) in [5.74, 6) is -0.412. The van der Waals surface area contributed by atoms with Crippen LogP contribution in [0.5, 0.6) is 0 Å². The lowest BCUT2D eigenvalue weighted by Crippen LogP contribution is -2.06. The van der Waals surface area contributed by atoms with Gasteiger partial charge in [-0.05, 0) is 47.9 Å². The number of carbonyl (C=O) groups is 1. The van der Waals surface area contributed by atoms with E-state index >= 15 is 0 Å². The van der Waals surface area contributed by atoms with Crippen molar-refractivity contribution in [1.29, 1.82) is 0 Å². The number of carboxylic acid groups (broad SMARTS) is 1. The number of benzene rings is 1. The maximum absolute atomic E-state index is 10.8. The highest BCUT2D eigenvalue weighted by Gasteiger charge is 2.09. The van der Waals surface area contributed by atoms with Gasteiger partial charge in [0.15, 0.2) is 5.82 Å². The van der Waals surface area contributed by atoms with Crippen molar-refractivity contribution in [2.75, 3.05) is 0 Å². The number of aryl methyl sites for hydroxylation is 1. The van der Waals surface area contributed by atoms with Crippen LogP contribution < -0.4 is 0 Å². The van der Waals surface area contributed by atoms with Gasteiger partial charge in [-0.1, -0.05) is 17.7 Å². The van der Waals surface area contributed by atoms with Gasteiger partial charge in [-0.15, -0.1) is 10.2 Å². The van der Waals surface area contributed by atoms with Gasteiger partial charge in [0.25, 0.3) is 0 Å². The maximum Gasteiger partial charge on any atom is 0.328 e. The summed E-state index contributed by atoms with van der Waals surface area (Å²) in [7, 11) is 0. The van der Waals surface area contributed by atoms with Gasteiger partial charge < -0.3 is 5.11 Å². The van der Waals surface area contributed by atoms with Crippen molar-refractivity contribution in [3.63, 3.8) is 0 Å². The van der Waals surface area contributed by atoms with Crippen molar-refractivity contribution in [3.05, 3.63) is 46.2 Å². The van der Waals surface area contributed by atoms with Crippen LogP contribution in [0.3, 0.4) is 0 Å². The molecule has 0 spiro atoms. The van der Waals surface area contributed by atoms with Crippen LogP contribution in [-0.4, -0.2) is 31.3 Å². The van der Waals surface area contributed by atoms with E-state index in [0.29, 0.717) is 23.0 Å². The number of tetrazole rings is 1. The second-order valence-corrected chi connectivity index (χ2v) is 4.77. The van der Waals surface area contributed by atoms with Crippen molar-refractivity contribution < 1.29 is 9.90 Å². The number of halogens is 1. The zero-order valence-electron chi connectivity index (χ0n) is 11.0. The predicted molar refractivity (Wildman–Crippen MR) is 74.4 cm³/mol. The Labute approximate surface area is 120 Å². The highest BCUT2D eigenvalue weighted by atomic mass is 35.5. The fourth-order valence-corrected chi connectivity index (χ4v) is 2.08. The molecule has 0 bridgehead atoms. The Kier molecular flexibility index (Phi) is 4.14. The van der Waals surface area contributed by atoms with E-state index in [-0.39, 0.29) is 0 Å². The van der Waals surface area contributed by atoms with Gasteiger partial charge in [0.1, 0.15) is 0 Å². The van der Waals surface area contributed by atoms with Crippen LogP contribution in [0, 0.1) is 6.92 Å². The zero-order chi connectivity index (χ0) is 14.7. The number of aromatic nitrogens is 4. The Balaban J connectivity index is 2.40. The lowest BCUT2D eigenvalue weighted by atomic mass is 10.0. The van der Waals surface area contributed by atoms with Crippen molar-refractivity contribution in [2.24, 2.45) is 0 Å². The third-order valence-corrected chi connectivity index (χ3v) is 2.93. The SMILES string of the molecule is CC(=CC(=O)O)c1ccc(Cl)cc1Cn1nnc(C)n1. The largest absolute Gasteiger partial charge is 0.478 e. The number of carboxylic acids is 1. The average molecular weight is 293 g/mol. The molecule has 1 aromatic heterocycles. The second kappa shape index (κ2) is 5.83. The average Bonchev–Trinajstić information content (AvgIpc) is 2.73. The van der Waals surface area contributed by atoms with Crippen LogP contribution in [0.1, 0.15) is 23.9 Å². The predicted octanol–water partition coefficient (Wildman–Crippen LogP) is 2.17. The van der Waals surface area contributed by atoms with E-state index in [2.05, 4.69) is 15.4 Å². The minimum absolute atomic E-state index is 0.377. The molecule has 2 aromatic rings. The highest BCUT2D eigenvalue weighted by molar-refractivity contribution is 6.30. The number of hydrogen-bond donors (Lipinski definition) is 1. The number of rotatable bonds is 4. The van der Waals surface area contributed by atoms with E-state index in [0.717, 1.165) is 17.2 Å². The summed E-state index contributed by atoms with van der Waals surface area (Å²) in [4.78, 5) is 12.2. The van der Waals surface area contributed by atoms with E-state index in [1.807, 2.05) is 0 Å². The van der Waals surface area contributed by atoms with Crippen LogP contribution in [0.25, 0.3) is 5.57 Å². The molecule has 0 amide bonds. The second-order valence-electron chi connectivity index (χ2n) is 4.33. The molecule has 2 rings (SSSR count). The lowest BCUT2D eigenvalue weighted by molar-refractivity contribution is -0.131. The molecule has 104 valence electrons. The van der Waals surface area contributed by atoms with Gasteiger partial charge in [-0.3, -0.25) is 0 Å². The van der Waals surface area contributed by atoms with E-state index in [9.17, 15) is 4.79 Å². The topological polar surface area (TPSA) is 80.9 Å². The van der Waals surface area contributed by atoms with Crippen LogP contribution in [0.4, 0.5) is 0 Å². The first-order valence-corrected chi connectivity index (χ1v) is 6.28. The monoisotopic (exact) mass is 292 g/mol. The van der Waals surface area contributed by atoms with Gasteiger partial charge in [-0.2, -0.15) is 4.80 Å². The fourth-order valence-electron chi connectivity index (χ4n) is 1.88. The Hall–Kier alpha value is -2.21.